The summed E-state index contributed by atoms with van der Waals surface area (Å²) in [4.78, 5) is 16.5. The predicted molar refractivity (Wildman–Crippen MR) is 105 cm³/mol. The van der Waals surface area contributed by atoms with Crippen LogP contribution in [-0.4, -0.2) is 27.8 Å². The summed E-state index contributed by atoms with van der Waals surface area (Å²) in [5.74, 6) is 0.437. The first kappa shape index (κ1) is 18.3. The molecule has 0 bridgehead atoms. The van der Waals surface area contributed by atoms with Crippen molar-refractivity contribution >= 4 is 29.1 Å². The molecule has 0 fully saturated rings. The summed E-state index contributed by atoms with van der Waals surface area (Å²) < 4.78 is 5.09. The molecule has 7 nitrogen and oxygen atoms in total. The van der Waals surface area contributed by atoms with Crippen LogP contribution in [0.15, 0.2) is 54.7 Å². The van der Waals surface area contributed by atoms with Crippen molar-refractivity contribution in [1.82, 2.24) is 15.2 Å². The number of hydrogen-bond acceptors (Lipinski definition) is 7. The average molecular weight is 363 g/mol. The molecule has 2 N–H and O–H groups in total. The van der Waals surface area contributed by atoms with Gasteiger partial charge in [0.25, 0.3) is 0 Å². The molecule has 138 valence electrons. The van der Waals surface area contributed by atoms with Gasteiger partial charge in [-0.05, 0) is 37.1 Å². The molecule has 0 aliphatic rings. The van der Waals surface area contributed by atoms with E-state index >= 15 is 0 Å². The Labute approximate surface area is 157 Å². The Bertz CT molecular complexity index is 930. The number of rotatable bonds is 7. The van der Waals surface area contributed by atoms with Crippen LogP contribution in [0.3, 0.4) is 0 Å². The summed E-state index contributed by atoms with van der Waals surface area (Å²) in [6.45, 7) is 4.17. The number of esters is 1. The maximum Gasteiger partial charge on any atom is 0.340 e. The van der Waals surface area contributed by atoms with Gasteiger partial charge in [-0.2, -0.15) is 10.1 Å². The largest absolute Gasteiger partial charge is 0.462 e. The Balaban J connectivity index is 1.82. The van der Waals surface area contributed by atoms with Gasteiger partial charge in [0.05, 0.1) is 24.1 Å². The first-order valence-electron chi connectivity index (χ1n) is 8.79. The van der Waals surface area contributed by atoms with Gasteiger partial charge >= 0.3 is 5.97 Å². The highest BCUT2D eigenvalue weighted by Gasteiger charge is 2.13. The highest BCUT2D eigenvalue weighted by atomic mass is 16.5. The van der Waals surface area contributed by atoms with Crippen molar-refractivity contribution in [2.45, 2.75) is 20.3 Å². The Morgan fingerprint density at radius 3 is 2.52 bits per heavy atom. The number of carbonyl (C=O) groups is 1. The Hall–Kier alpha value is -3.48. The molecule has 0 amide bonds. The quantitative estimate of drug-likeness (QED) is 0.611. The van der Waals surface area contributed by atoms with Crippen LogP contribution >= 0.6 is 0 Å². The number of nitrogens with one attached hydrogen (secondary N) is 2. The molecular formula is C20H21N5O2. The molecule has 0 spiro atoms. The monoisotopic (exact) mass is 363 g/mol. The Kier molecular flexibility index (Phi) is 5.94. The predicted octanol–water partition coefficient (Wildman–Crippen LogP) is 4.10. The van der Waals surface area contributed by atoms with Gasteiger partial charge in [0.2, 0.25) is 5.95 Å². The number of aryl methyl sites for hydroxylation is 1. The number of aromatic nitrogens is 3. The van der Waals surface area contributed by atoms with Crippen LogP contribution < -0.4 is 10.6 Å². The Morgan fingerprint density at radius 2 is 1.74 bits per heavy atom. The van der Waals surface area contributed by atoms with Crippen molar-refractivity contribution in [2.75, 3.05) is 17.2 Å². The van der Waals surface area contributed by atoms with E-state index in [9.17, 15) is 4.79 Å². The van der Waals surface area contributed by atoms with E-state index in [1.165, 1.54) is 5.56 Å². The molecule has 0 aliphatic carbocycles. The summed E-state index contributed by atoms with van der Waals surface area (Å²) in [5.41, 5.74) is 3.12. The maximum atomic E-state index is 12.1. The number of carbonyl (C=O) groups excluding carboxylic acids is 1. The highest BCUT2D eigenvalue weighted by Crippen LogP contribution is 2.22. The summed E-state index contributed by atoms with van der Waals surface area (Å²) >= 11 is 0. The lowest BCUT2D eigenvalue weighted by molar-refractivity contribution is 0.0527. The number of benzene rings is 2. The molecule has 7 heteroatoms. The zero-order valence-electron chi connectivity index (χ0n) is 15.3. The standard InChI is InChI=1S/C20H21N5O2/c1-3-14-9-5-7-11-16(14)22-18-13-21-25-20(24-18)23-17-12-8-6-10-15(17)19(26)27-4-2/h5-13H,3-4H2,1-2H3,(H2,22,23,24,25). The third kappa shape index (κ3) is 4.58. The highest BCUT2D eigenvalue weighted by molar-refractivity contribution is 5.96. The van der Waals surface area contributed by atoms with E-state index in [1.807, 2.05) is 24.3 Å². The molecule has 1 heterocycles. The molecule has 0 radical (unpaired) electrons. The SMILES string of the molecule is CCOC(=O)c1ccccc1Nc1nncc(Nc2ccccc2CC)n1. The van der Waals surface area contributed by atoms with Gasteiger partial charge in [-0.15, -0.1) is 5.10 Å². The number of nitrogens with zero attached hydrogens (tertiary/aromatic N) is 3. The molecular weight excluding hydrogens is 342 g/mol. The lowest BCUT2D eigenvalue weighted by Crippen LogP contribution is -2.09. The van der Waals surface area contributed by atoms with Crippen molar-refractivity contribution in [2.24, 2.45) is 0 Å². The fraction of sp³-hybridized carbons (Fsp3) is 0.200. The van der Waals surface area contributed by atoms with E-state index < -0.39 is 5.97 Å². The molecule has 0 atom stereocenters. The smallest absolute Gasteiger partial charge is 0.340 e. The average Bonchev–Trinajstić information content (AvgIpc) is 2.69. The first-order valence-corrected chi connectivity index (χ1v) is 8.79. The fourth-order valence-corrected chi connectivity index (χ4v) is 2.60. The van der Waals surface area contributed by atoms with Crippen LogP contribution in [0.4, 0.5) is 23.1 Å². The van der Waals surface area contributed by atoms with Gasteiger partial charge in [-0.3, -0.25) is 0 Å². The van der Waals surface area contributed by atoms with E-state index in [1.54, 1.807) is 31.3 Å². The normalized spacial score (nSPS) is 10.3. The summed E-state index contributed by atoms with van der Waals surface area (Å²) in [7, 11) is 0. The zero-order valence-corrected chi connectivity index (χ0v) is 15.3. The molecule has 27 heavy (non-hydrogen) atoms. The van der Waals surface area contributed by atoms with E-state index in [-0.39, 0.29) is 5.95 Å². The van der Waals surface area contributed by atoms with Crippen molar-refractivity contribution in [1.29, 1.82) is 0 Å². The number of ether oxygens (including phenoxy) is 1. The van der Waals surface area contributed by atoms with Gasteiger partial charge in [-0.1, -0.05) is 37.3 Å². The first-order chi connectivity index (χ1) is 13.2. The van der Waals surface area contributed by atoms with Gasteiger partial charge < -0.3 is 15.4 Å². The minimum absolute atomic E-state index is 0.283. The second kappa shape index (κ2) is 8.75. The maximum absolute atomic E-state index is 12.1. The summed E-state index contributed by atoms with van der Waals surface area (Å²) in [6.07, 6.45) is 2.45. The van der Waals surface area contributed by atoms with Crippen molar-refractivity contribution in [3.8, 4) is 0 Å². The molecule has 2 aromatic carbocycles. The Morgan fingerprint density at radius 1 is 1.00 bits per heavy atom. The minimum atomic E-state index is -0.403. The van der Waals surface area contributed by atoms with Crippen molar-refractivity contribution in [3.63, 3.8) is 0 Å². The molecule has 1 aromatic heterocycles. The molecule has 3 aromatic rings. The van der Waals surface area contributed by atoms with Crippen molar-refractivity contribution in [3.05, 3.63) is 65.9 Å². The second-order valence-electron chi connectivity index (χ2n) is 5.69. The zero-order chi connectivity index (χ0) is 19.1. The number of anilines is 4. The molecule has 0 saturated carbocycles. The summed E-state index contributed by atoms with van der Waals surface area (Å²) in [6, 6.07) is 15.1. The summed E-state index contributed by atoms with van der Waals surface area (Å²) in [5, 5.41) is 14.3. The lowest BCUT2D eigenvalue weighted by atomic mass is 10.1. The van der Waals surface area contributed by atoms with Crippen LogP contribution in [0.5, 0.6) is 0 Å². The van der Waals surface area contributed by atoms with Gasteiger partial charge in [0.15, 0.2) is 5.82 Å². The van der Waals surface area contributed by atoms with Gasteiger partial charge in [0.1, 0.15) is 0 Å². The lowest BCUT2D eigenvalue weighted by Gasteiger charge is -2.12. The number of para-hydroxylation sites is 2. The van der Waals surface area contributed by atoms with Crippen molar-refractivity contribution < 1.29 is 9.53 Å². The van der Waals surface area contributed by atoms with Crippen LogP contribution in [0.2, 0.25) is 0 Å². The molecule has 0 unspecified atom stereocenters. The van der Waals surface area contributed by atoms with E-state index in [0.29, 0.717) is 23.7 Å². The second-order valence-corrected chi connectivity index (χ2v) is 5.69. The third-order valence-electron chi connectivity index (χ3n) is 3.89. The molecule has 0 aliphatic heterocycles. The van der Waals surface area contributed by atoms with Crippen LogP contribution in [0.25, 0.3) is 0 Å². The van der Waals surface area contributed by atoms with Crippen LogP contribution in [0.1, 0.15) is 29.8 Å². The number of hydrogen-bond donors (Lipinski definition) is 2. The van der Waals surface area contributed by atoms with E-state index in [2.05, 4.69) is 38.8 Å². The fourth-order valence-electron chi connectivity index (χ4n) is 2.60. The van der Waals surface area contributed by atoms with E-state index in [4.69, 9.17) is 4.74 Å². The van der Waals surface area contributed by atoms with Gasteiger partial charge in [0, 0.05) is 5.69 Å². The minimum Gasteiger partial charge on any atom is -0.462 e. The topological polar surface area (TPSA) is 89.0 Å². The van der Waals surface area contributed by atoms with Crippen LogP contribution in [0, 0.1) is 0 Å². The van der Waals surface area contributed by atoms with Crippen LogP contribution in [-0.2, 0) is 11.2 Å². The molecule has 0 saturated heterocycles. The van der Waals surface area contributed by atoms with Gasteiger partial charge in [-0.25, -0.2) is 4.79 Å². The van der Waals surface area contributed by atoms with E-state index in [0.717, 1.165) is 12.1 Å². The third-order valence-corrected chi connectivity index (χ3v) is 3.89. The molecule has 3 rings (SSSR count).